The SMILES string of the molecule is O=C(/C=C/c1ccco1)NCC[C@@H](O)C1CC1. The lowest BCUT2D eigenvalue weighted by Gasteiger charge is -2.08. The minimum Gasteiger partial charge on any atom is -0.465 e. The van der Waals surface area contributed by atoms with Crippen molar-refractivity contribution in [1.29, 1.82) is 0 Å². The Morgan fingerprint density at radius 2 is 2.47 bits per heavy atom. The maximum atomic E-state index is 11.4. The molecule has 0 bridgehead atoms. The van der Waals surface area contributed by atoms with Crippen molar-refractivity contribution in [3.63, 3.8) is 0 Å². The largest absolute Gasteiger partial charge is 0.465 e. The second kappa shape index (κ2) is 5.68. The molecule has 0 aliphatic heterocycles. The van der Waals surface area contributed by atoms with Gasteiger partial charge in [0.25, 0.3) is 0 Å². The molecule has 17 heavy (non-hydrogen) atoms. The Balaban J connectivity index is 1.63. The van der Waals surface area contributed by atoms with Crippen molar-refractivity contribution in [1.82, 2.24) is 5.32 Å². The van der Waals surface area contributed by atoms with E-state index in [1.165, 1.54) is 6.08 Å². The molecule has 1 aromatic rings. The van der Waals surface area contributed by atoms with Gasteiger partial charge in [-0.3, -0.25) is 4.79 Å². The van der Waals surface area contributed by atoms with E-state index in [0.717, 1.165) is 12.8 Å². The van der Waals surface area contributed by atoms with E-state index in [2.05, 4.69) is 5.32 Å². The maximum absolute atomic E-state index is 11.4. The summed E-state index contributed by atoms with van der Waals surface area (Å²) >= 11 is 0. The molecule has 0 radical (unpaired) electrons. The molecule has 2 N–H and O–H groups in total. The number of rotatable bonds is 6. The number of amides is 1. The zero-order valence-electron chi connectivity index (χ0n) is 9.63. The molecular weight excluding hydrogens is 218 g/mol. The first-order valence-corrected chi connectivity index (χ1v) is 5.93. The zero-order valence-corrected chi connectivity index (χ0v) is 9.63. The van der Waals surface area contributed by atoms with E-state index >= 15 is 0 Å². The summed E-state index contributed by atoms with van der Waals surface area (Å²) in [5.41, 5.74) is 0. The predicted octanol–water partition coefficient (Wildman–Crippen LogP) is 1.57. The highest BCUT2D eigenvalue weighted by molar-refractivity contribution is 5.91. The standard InChI is InChI=1S/C13H17NO3/c15-12(10-3-4-10)7-8-14-13(16)6-5-11-2-1-9-17-11/h1-2,5-6,9-10,12,15H,3-4,7-8H2,(H,14,16)/b6-5+/t12-/m1/s1. The third kappa shape index (κ3) is 4.07. The van der Waals surface area contributed by atoms with Gasteiger partial charge in [0.05, 0.1) is 12.4 Å². The van der Waals surface area contributed by atoms with Crippen LogP contribution in [0.5, 0.6) is 0 Å². The molecule has 1 aliphatic rings. The van der Waals surface area contributed by atoms with Crippen molar-refractivity contribution in [2.75, 3.05) is 6.54 Å². The Kier molecular flexibility index (Phi) is 3.98. The van der Waals surface area contributed by atoms with Crippen LogP contribution in [0.1, 0.15) is 25.0 Å². The first kappa shape index (κ1) is 11.9. The number of carbonyl (C=O) groups is 1. The summed E-state index contributed by atoms with van der Waals surface area (Å²) in [6.07, 6.45) is 7.22. The number of hydrogen-bond donors (Lipinski definition) is 2. The van der Waals surface area contributed by atoms with Crippen molar-refractivity contribution in [3.8, 4) is 0 Å². The smallest absolute Gasteiger partial charge is 0.244 e. The molecule has 4 heteroatoms. The fourth-order valence-electron chi connectivity index (χ4n) is 1.66. The van der Waals surface area contributed by atoms with E-state index in [9.17, 15) is 9.90 Å². The van der Waals surface area contributed by atoms with Crippen LogP contribution in [-0.4, -0.2) is 23.7 Å². The average molecular weight is 235 g/mol. The minimum atomic E-state index is -0.260. The summed E-state index contributed by atoms with van der Waals surface area (Å²) in [7, 11) is 0. The van der Waals surface area contributed by atoms with Crippen LogP contribution < -0.4 is 5.32 Å². The van der Waals surface area contributed by atoms with E-state index in [1.54, 1.807) is 24.5 Å². The van der Waals surface area contributed by atoms with Gasteiger partial charge in [0.2, 0.25) is 5.91 Å². The van der Waals surface area contributed by atoms with Crippen LogP contribution in [0.4, 0.5) is 0 Å². The van der Waals surface area contributed by atoms with Crippen LogP contribution in [0.25, 0.3) is 6.08 Å². The zero-order chi connectivity index (χ0) is 12.1. The van der Waals surface area contributed by atoms with Gasteiger partial charge in [0, 0.05) is 12.6 Å². The molecule has 92 valence electrons. The Morgan fingerprint density at radius 1 is 1.65 bits per heavy atom. The molecule has 0 unspecified atom stereocenters. The van der Waals surface area contributed by atoms with Crippen LogP contribution in [0, 0.1) is 5.92 Å². The van der Waals surface area contributed by atoms with Gasteiger partial charge in [0.15, 0.2) is 0 Å². The van der Waals surface area contributed by atoms with Crippen molar-refractivity contribution in [2.45, 2.75) is 25.4 Å². The molecule has 1 fully saturated rings. The van der Waals surface area contributed by atoms with Crippen molar-refractivity contribution in [2.24, 2.45) is 5.92 Å². The molecule has 1 aromatic heterocycles. The highest BCUT2D eigenvalue weighted by Crippen LogP contribution is 2.33. The second-order valence-electron chi connectivity index (χ2n) is 4.33. The van der Waals surface area contributed by atoms with E-state index in [1.807, 2.05) is 0 Å². The van der Waals surface area contributed by atoms with E-state index < -0.39 is 0 Å². The summed E-state index contributed by atoms with van der Waals surface area (Å²) in [5, 5.41) is 12.3. The van der Waals surface area contributed by atoms with Crippen LogP contribution in [0.15, 0.2) is 28.9 Å². The molecule has 1 aliphatic carbocycles. The van der Waals surface area contributed by atoms with Crippen molar-refractivity contribution < 1.29 is 14.3 Å². The summed E-state index contributed by atoms with van der Waals surface area (Å²) in [6, 6.07) is 3.55. The normalized spacial score (nSPS) is 17.2. The van der Waals surface area contributed by atoms with Gasteiger partial charge in [-0.05, 0) is 43.4 Å². The van der Waals surface area contributed by atoms with Gasteiger partial charge < -0.3 is 14.8 Å². The highest BCUT2D eigenvalue weighted by atomic mass is 16.3. The molecule has 2 rings (SSSR count). The molecule has 0 spiro atoms. The number of carbonyl (C=O) groups excluding carboxylic acids is 1. The van der Waals surface area contributed by atoms with Crippen molar-refractivity contribution in [3.05, 3.63) is 30.2 Å². The van der Waals surface area contributed by atoms with Gasteiger partial charge in [-0.2, -0.15) is 0 Å². The lowest BCUT2D eigenvalue weighted by Crippen LogP contribution is -2.26. The maximum Gasteiger partial charge on any atom is 0.244 e. The van der Waals surface area contributed by atoms with Crippen molar-refractivity contribution >= 4 is 12.0 Å². The molecule has 0 aromatic carbocycles. The quantitative estimate of drug-likeness (QED) is 0.736. The molecule has 1 amide bonds. The number of hydrogen-bond acceptors (Lipinski definition) is 3. The lowest BCUT2D eigenvalue weighted by atomic mass is 10.2. The average Bonchev–Trinajstić information content (AvgIpc) is 3.04. The lowest BCUT2D eigenvalue weighted by molar-refractivity contribution is -0.116. The first-order chi connectivity index (χ1) is 8.25. The Bertz CT molecular complexity index is 379. The number of aliphatic hydroxyl groups is 1. The number of nitrogens with one attached hydrogen (secondary N) is 1. The molecule has 1 atom stereocenters. The van der Waals surface area contributed by atoms with Crippen LogP contribution in [0.3, 0.4) is 0 Å². The summed E-state index contributed by atoms with van der Waals surface area (Å²) in [5.74, 6) is 0.952. The molecular formula is C13H17NO3. The Hall–Kier alpha value is -1.55. The van der Waals surface area contributed by atoms with Crippen LogP contribution in [0.2, 0.25) is 0 Å². The van der Waals surface area contributed by atoms with Crippen LogP contribution >= 0.6 is 0 Å². The summed E-state index contributed by atoms with van der Waals surface area (Å²) < 4.78 is 5.06. The topological polar surface area (TPSA) is 62.5 Å². The first-order valence-electron chi connectivity index (χ1n) is 5.93. The molecule has 4 nitrogen and oxygen atoms in total. The van der Waals surface area contributed by atoms with Gasteiger partial charge in [-0.15, -0.1) is 0 Å². The number of aliphatic hydroxyl groups excluding tert-OH is 1. The monoisotopic (exact) mass is 235 g/mol. The van der Waals surface area contributed by atoms with Gasteiger partial charge in [-0.25, -0.2) is 0 Å². The third-order valence-corrected chi connectivity index (χ3v) is 2.85. The summed E-state index contributed by atoms with van der Waals surface area (Å²) in [6.45, 7) is 0.513. The summed E-state index contributed by atoms with van der Waals surface area (Å²) in [4.78, 5) is 11.4. The highest BCUT2D eigenvalue weighted by Gasteiger charge is 2.28. The predicted molar refractivity (Wildman–Crippen MR) is 64.1 cm³/mol. The van der Waals surface area contributed by atoms with E-state index in [0.29, 0.717) is 24.6 Å². The molecule has 1 saturated carbocycles. The van der Waals surface area contributed by atoms with E-state index in [-0.39, 0.29) is 12.0 Å². The Morgan fingerprint density at radius 3 is 3.12 bits per heavy atom. The molecule has 1 heterocycles. The number of furan rings is 1. The Labute approximate surface area is 100 Å². The van der Waals surface area contributed by atoms with Gasteiger partial charge >= 0.3 is 0 Å². The fourth-order valence-corrected chi connectivity index (χ4v) is 1.66. The van der Waals surface area contributed by atoms with E-state index in [4.69, 9.17) is 4.42 Å². The van der Waals surface area contributed by atoms with Gasteiger partial charge in [0.1, 0.15) is 5.76 Å². The fraction of sp³-hybridized carbons (Fsp3) is 0.462. The molecule has 0 saturated heterocycles. The second-order valence-corrected chi connectivity index (χ2v) is 4.33. The minimum absolute atomic E-state index is 0.163. The van der Waals surface area contributed by atoms with Crippen LogP contribution in [-0.2, 0) is 4.79 Å². The third-order valence-electron chi connectivity index (χ3n) is 2.85. The van der Waals surface area contributed by atoms with Gasteiger partial charge in [-0.1, -0.05) is 0 Å².